The molecular formula is C90H57B2N5. The van der Waals surface area contributed by atoms with Crippen molar-refractivity contribution in [2.75, 3.05) is 14.5 Å². The van der Waals surface area contributed by atoms with Gasteiger partial charge in [0, 0.05) is 94.7 Å². The fraction of sp³-hybridized carbons (Fsp3) is 0. The summed E-state index contributed by atoms with van der Waals surface area (Å²) in [5.74, 6) is 0. The van der Waals surface area contributed by atoms with Gasteiger partial charge in [0.05, 0.1) is 33.4 Å². The van der Waals surface area contributed by atoms with Gasteiger partial charge in [0.15, 0.2) is 0 Å². The van der Waals surface area contributed by atoms with Crippen molar-refractivity contribution in [3.8, 4) is 78.1 Å². The lowest BCUT2D eigenvalue weighted by molar-refractivity contribution is 1.17. The molecule has 4 aliphatic heterocycles. The standard InChI is InChI=1S/C90H57B2N5/c1-5-28-58(29-6-1)64-40-25-41-65(59-30-7-2-8-31-59)88(64)95-82-52-23-17-46-76(82)91-86-74(54-62(56-84(86)95)93-78-48-19-13-36-68(78)69-37-14-20-49-79(69)93)72-44-27-45-73-75-55-63(94-80-50-21-15-38-70(80)71-39-16-22-51-81(71)94)57-85-87(75)92(97(91)90(72)73)77-47-18-24-53-83(77)96(85)89-66(60-32-9-3-10-33-60)42-26-43-67(89)61-34-11-4-12-35-61/h1-57H. The van der Waals surface area contributed by atoms with Crippen LogP contribution in [-0.2, 0) is 0 Å². The summed E-state index contributed by atoms with van der Waals surface area (Å²) < 4.78 is 7.94. The first-order valence-corrected chi connectivity index (χ1v) is 33.7. The molecule has 6 heterocycles. The molecule has 0 atom stereocenters. The normalized spacial score (nSPS) is 13.1. The van der Waals surface area contributed by atoms with E-state index in [1.54, 1.807) is 0 Å². The van der Waals surface area contributed by atoms with E-state index in [0.29, 0.717) is 0 Å². The number of rotatable bonds is 8. The Labute approximate surface area is 563 Å². The van der Waals surface area contributed by atoms with Gasteiger partial charge >= 0.3 is 13.7 Å². The van der Waals surface area contributed by atoms with Crippen LogP contribution in [0.15, 0.2) is 346 Å². The van der Waals surface area contributed by atoms with Gasteiger partial charge in [-0.05, 0) is 116 Å². The SMILES string of the molecule is c1ccc(-c2cccc(-c3ccccc3)c2N2c3ccccc3B3c4c(cc(-n5c6ccccc6c6ccccc65)cc42)-c2cccc4c2N3B2c3ccccc3N(c3c(-c5ccccc5)cccc3-c3ccccc3)c3cc(-n5c6ccccc6c6ccccc65)cc-4c32)cc1. The van der Waals surface area contributed by atoms with E-state index in [2.05, 4.69) is 369 Å². The van der Waals surface area contributed by atoms with Crippen LogP contribution in [0.3, 0.4) is 0 Å². The minimum Gasteiger partial charge on any atom is -0.444 e. The van der Waals surface area contributed by atoms with E-state index < -0.39 is 0 Å². The highest BCUT2D eigenvalue weighted by atomic mass is 15.2. The Morgan fingerprint density at radius 1 is 0.206 bits per heavy atom. The maximum atomic E-state index is 2.89. The molecule has 17 aromatic rings. The van der Waals surface area contributed by atoms with Crippen molar-refractivity contribution in [3.63, 3.8) is 0 Å². The molecule has 15 aromatic carbocycles. The summed E-state index contributed by atoms with van der Waals surface area (Å²) in [6.07, 6.45) is 0. The van der Waals surface area contributed by atoms with Crippen LogP contribution < -0.4 is 36.4 Å². The van der Waals surface area contributed by atoms with Crippen LogP contribution in [0.25, 0.3) is 122 Å². The van der Waals surface area contributed by atoms with E-state index >= 15 is 0 Å². The smallest absolute Gasteiger partial charge is 0.316 e. The second kappa shape index (κ2) is 21.0. The average Bonchev–Trinajstić information content (AvgIpc) is 1.23. The lowest BCUT2D eigenvalue weighted by Gasteiger charge is -2.53. The zero-order valence-corrected chi connectivity index (χ0v) is 52.8. The number of para-hydroxylation sites is 9. The zero-order chi connectivity index (χ0) is 63.4. The molecular weight excluding hydrogens is 1170 g/mol. The summed E-state index contributed by atoms with van der Waals surface area (Å²) in [6.45, 7) is -0.525. The van der Waals surface area contributed by atoms with Gasteiger partial charge in [-0.3, -0.25) is 0 Å². The van der Waals surface area contributed by atoms with Crippen LogP contribution in [0, 0.1) is 0 Å². The molecule has 0 amide bonds. The molecule has 0 saturated carbocycles. The van der Waals surface area contributed by atoms with Gasteiger partial charge in [0.2, 0.25) is 0 Å². The van der Waals surface area contributed by atoms with Crippen molar-refractivity contribution < 1.29 is 0 Å². The highest BCUT2D eigenvalue weighted by molar-refractivity contribution is 7.09. The highest BCUT2D eigenvalue weighted by Gasteiger charge is 2.54. The number of hydrogen-bond acceptors (Lipinski definition) is 3. The Kier molecular flexibility index (Phi) is 11.6. The van der Waals surface area contributed by atoms with Crippen LogP contribution >= 0.6 is 0 Å². The molecule has 4 aliphatic rings. The molecule has 0 aliphatic carbocycles. The van der Waals surface area contributed by atoms with E-state index in [0.717, 1.165) is 90.0 Å². The van der Waals surface area contributed by atoms with E-state index in [4.69, 9.17) is 0 Å². The molecule has 97 heavy (non-hydrogen) atoms. The monoisotopic (exact) mass is 1230 g/mol. The minimum absolute atomic E-state index is 0.263. The van der Waals surface area contributed by atoms with Gasteiger partial charge in [0.25, 0.3) is 0 Å². The fourth-order valence-electron chi connectivity index (χ4n) is 17.4. The summed E-state index contributed by atoms with van der Waals surface area (Å²) >= 11 is 0. The van der Waals surface area contributed by atoms with Gasteiger partial charge in [-0.1, -0.05) is 285 Å². The van der Waals surface area contributed by atoms with Crippen molar-refractivity contribution >= 4 is 119 Å². The van der Waals surface area contributed by atoms with E-state index in [-0.39, 0.29) is 13.7 Å². The predicted molar refractivity (Wildman–Crippen MR) is 410 cm³/mol. The molecule has 0 N–H and O–H groups in total. The summed E-state index contributed by atoms with van der Waals surface area (Å²) in [5, 5.41) is 4.92. The van der Waals surface area contributed by atoms with Gasteiger partial charge < -0.3 is 23.7 Å². The third-order valence-electron chi connectivity index (χ3n) is 21.2. The van der Waals surface area contributed by atoms with E-state index in [9.17, 15) is 0 Å². The Morgan fingerprint density at radius 2 is 0.495 bits per heavy atom. The largest absolute Gasteiger partial charge is 0.444 e. The van der Waals surface area contributed by atoms with Crippen molar-refractivity contribution in [1.29, 1.82) is 0 Å². The Balaban J connectivity index is 0.918. The first-order chi connectivity index (χ1) is 48.2. The molecule has 7 heteroatoms. The van der Waals surface area contributed by atoms with Crippen LogP contribution in [0.2, 0.25) is 0 Å². The maximum Gasteiger partial charge on any atom is 0.316 e. The second-order valence-corrected chi connectivity index (χ2v) is 26.2. The maximum absolute atomic E-state index is 2.89. The van der Waals surface area contributed by atoms with Gasteiger partial charge in [-0.25, -0.2) is 0 Å². The van der Waals surface area contributed by atoms with Crippen LogP contribution in [0.5, 0.6) is 0 Å². The van der Waals surface area contributed by atoms with Crippen LogP contribution in [-0.4, -0.2) is 22.8 Å². The van der Waals surface area contributed by atoms with Crippen LogP contribution in [0.1, 0.15) is 0 Å². The fourth-order valence-corrected chi connectivity index (χ4v) is 17.4. The molecule has 21 rings (SSSR count). The topological polar surface area (TPSA) is 19.6 Å². The first kappa shape index (κ1) is 53.9. The second-order valence-electron chi connectivity index (χ2n) is 26.2. The number of nitrogens with zero attached hydrogens (tertiary/aromatic N) is 5. The molecule has 0 bridgehead atoms. The summed E-state index contributed by atoms with van der Waals surface area (Å²) in [7, 11) is 0. The molecule has 0 unspecified atom stereocenters. The molecule has 448 valence electrons. The van der Waals surface area contributed by atoms with E-state index in [1.165, 1.54) is 93.4 Å². The summed E-state index contributed by atoms with van der Waals surface area (Å²) in [4.78, 5) is 5.32. The zero-order valence-electron chi connectivity index (χ0n) is 52.8. The molecule has 0 saturated heterocycles. The summed E-state index contributed by atoms with van der Waals surface area (Å²) in [5.41, 5.74) is 34.2. The van der Waals surface area contributed by atoms with Crippen molar-refractivity contribution in [2.24, 2.45) is 0 Å². The van der Waals surface area contributed by atoms with Crippen molar-refractivity contribution in [3.05, 3.63) is 346 Å². The quantitative estimate of drug-likeness (QED) is 0.141. The Hall–Kier alpha value is -12.6. The Bertz CT molecular complexity index is 5530. The third-order valence-corrected chi connectivity index (χ3v) is 21.2. The Morgan fingerprint density at radius 3 is 0.835 bits per heavy atom. The van der Waals surface area contributed by atoms with Gasteiger partial charge in [-0.15, -0.1) is 0 Å². The third kappa shape index (κ3) is 7.74. The number of anilines is 7. The number of benzene rings is 15. The average molecular weight is 1230 g/mol. The molecule has 0 spiro atoms. The first-order valence-electron chi connectivity index (χ1n) is 33.7. The number of aromatic nitrogens is 2. The molecule has 2 aromatic heterocycles. The van der Waals surface area contributed by atoms with E-state index in [1.807, 2.05) is 0 Å². The summed E-state index contributed by atoms with van der Waals surface area (Å²) in [6, 6.07) is 130. The van der Waals surface area contributed by atoms with Gasteiger partial charge in [-0.2, -0.15) is 0 Å². The van der Waals surface area contributed by atoms with Crippen molar-refractivity contribution in [1.82, 2.24) is 9.13 Å². The molecule has 5 nitrogen and oxygen atoms in total. The van der Waals surface area contributed by atoms with Crippen LogP contribution in [0.4, 0.5) is 39.8 Å². The predicted octanol–water partition coefficient (Wildman–Crippen LogP) is 20.5. The van der Waals surface area contributed by atoms with Crippen molar-refractivity contribution in [2.45, 2.75) is 0 Å². The lowest BCUT2D eigenvalue weighted by atomic mass is 9.32. The lowest BCUT2D eigenvalue weighted by Crippen LogP contribution is -2.74. The van der Waals surface area contributed by atoms with Gasteiger partial charge in [0.1, 0.15) is 0 Å². The minimum atomic E-state index is -0.263. The molecule has 0 radical (unpaired) electrons. The number of fused-ring (bicyclic) bond motifs is 14. The highest BCUT2D eigenvalue weighted by Crippen LogP contribution is 2.57. The molecule has 0 fully saturated rings. The number of hydrogen-bond donors (Lipinski definition) is 0.